The number of benzene rings is 1. The quantitative estimate of drug-likeness (QED) is 0.194. The van der Waals surface area contributed by atoms with Crippen LogP contribution in [-0.2, 0) is 9.53 Å². The molecule has 1 fully saturated rings. The molecule has 0 radical (unpaired) electrons. The lowest BCUT2D eigenvalue weighted by atomic mass is 9.84. The number of aliphatic hydroxyl groups excluding tert-OH is 1. The lowest BCUT2D eigenvalue weighted by Crippen LogP contribution is -2.42. The monoisotopic (exact) mass is 532 g/mol. The van der Waals surface area contributed by atoms with Crippen LogP contribution in [0.2, 0.25) is 0 Å². The fraction of sp³-hybridized carbons (Fsp3) is 0.619. The zero-order valence-corrected chi connectivity index (χ0v) is 19.9. The van der Waals surface area contributed by atoms with E-state index in [2.05, 4.69) is 10.6 Å². The molecule has 1 aromatic carbocycles. The first kappa shape index (κ1) is 24.7. The van der Waals surface area contributed by atoms with Crippen molar-refractivity contribution in [3.63, 3.8) is 0 Å². The lowest BCUT2D eigenvalue weighted by molar-refractivity contribution is -0.121. The van der Waals surface area contributed by atoms with Crippen molar-refractivity contribution >= 4 is 41.5 Å². The molecule has 0 spiro atoms. The maximum atomic E-state index is 12.2. The number of fused-ring (bicyclic) bond motifs is 1. The number of nitrogens with zero attached hydrogens (tertiary/aromatic N) is 2. The minimum absolute atomic E-state index is 0. The lowest BCUT2D eigenvalue weighted by Gasteiger charge is -2.29. The molecule has 30 heavy (non-hydrogen) atoms. The summed E-state index contributed by atoms with van der Waals surface area (Å²) in [4.78, 5) is 18.8. The van der Waals surface area contributed by atoms with E-state index in [0.29, 0.717) is 32.7 Å². The SMILES string of the molecule is CCNC(=NCC1(CCO)CCOC1)NCCCN1C(=O)COc2ccccc21.I. The first-order chi connectivity index (χ1) is 14.2. The fourth-order valence-corrected chi connectivity index (χ4v) is 3.72. The van der Waals surface area contributed by atoms with Crippen LogP contribution in [0.4, 0.5) is 5.69 Å². The third kappa shape index (κ3) is 6.45. The molecular formula is C21H33IN4O4. The molecule has 0 aromatic heterocycles. The Balaban J connectivity index is 0.00000320. The topological polar surface area (TPSA) is 95.4 Å². The van der Waals surface area contributed by atoms with Gasteiger partial charge in [-0.25, -0.2) is 0 Å². The summed E-state index contributed by atoms with van der Waals surface area (Å²) < 4.78 is 11.0. The average molecular weight is 532 g/mol. The molecular weight excluding hydrogens is 499 g/mol. The van der Waals surface area contributed by atoms with Gasteiger partial charge in [0.15, 0.2) is 12.6 Å². The number of anilines is 1. The summed E-state index contributed by atoms with van der Waals surface area (Å²) in [6.45, 7) is 6.35. The number of aliphatic imine (C=N–C) groups is 1. The van der Waals surface area contributed by atoms with E-state index in [9.17, 15) is 9.90 Å². The molecule has 8 nitrogen and oxygen atoms in total. The Morgan fingerprint density at radius 3 is 2.90 bits per heavy atom. The number of ether oxygens (including phenoxy) is 2. The summed E-state index contributed by atoms with van der Waals surface area (Å²) in [5.41, 5.74) is 0.762. The van der Waals surface area contributed by atoms with Crippen LogP contribution in [0.25, 0.3) is 0 Å². The molecule has 3 rings (SSSR count). The predicted octanol–water partition coefficient (Wildman–Crippen LogP) is 1.76. The molecule has 2 aliphatic rings. The Morgan fingerprint density at radius 1 is 1.33 bits per heavy atom. The van der Waals surface area contributed by atoms with Crippen molar-refractivity contribution in [2.75, 3.05) is 57.5 Å². The Kier molecular flexibility index (Phi) is 10.1. The predicted molar refractivity (Wildman–Crippen MR) is 128 cm³/mol. The molecule has 3 N–H and O–H groups in total. The number of hydrogen-bond acceptors (Lipinski definition) is 5. The summed E-state index contributed by atoms with van der Waals surface area (Å²) in [6, 6.07) is 7.62. The van der Waals surface area contributed by atoms with Crippen molar-refractivity contribution in [3.05, 3.63) is 24.3 Å². The van der Waals surface area contributed by atoms with Crippen LogP contribution >= 0.6 is 24.0 Å². The number of nitrogens with one attached hydrogen (secondary N) is 2. The van der Waals surface area contributed by atoms with E-state index in [4.69, 9.17) is 14.5 Å². The second-order valence-electron chi connectivity index (χ2n) is 7.55. The molecule has 9 heteroatoms. The number of hydrogen-bond donors (Lipinski definition) is 3. The van der Waals surface area contributed by atoms with Crippen LogP contribution in [0.5, 0.6) is 5.75 Å². The van der Waals surface area contributed by atoms with Crippen molar-refractivity contribution < 1.29 is 19.4 Å². The number of halogens is 1. The highest BCUT2D eigenvalue weighted by molar-refractivity contribution is 14.0. The van der Waals surface area contributed by atoms with Crippen LogP contribution in [0, 0.1) is 5.41 Å². The van der Waals surface area contributed by atoms with E-state index in [1.807, 2.05) is 31.2 Å². The van der Waals surface area contributed by atoms with Crippen molar-refractivity contribution in [2.45, 2.75) is 26.2 Å². The zero-order chi connectivity index (χ0) is 20.5. The Hall–Kier alpha value is -1.59. The number of rotatable bonds is 9. The Morgan fingerprint density at radius 2 is 2.17 bits per heavy atom. The number of carbonyl (C=O) groups excluding carboxylic acids is 1. The highest BCUT2D eigenvalue weighted by Gasteiger charge is 2.34. The zero-order valence-electron chi connectivity index (χ0n) is 17.6. The molecule has 1 aromatic rings. The standard InChI is InChI=1S/C21H32N4O4.HI/c1-2-22-20(24-15-21(8-12-26)9-13-28-16-21)23-10-5-11-25-17-6-3-4-7-18(17)29-14-19(25)27;/h3-4,6-7,26H,2,5,8-16H2,1H3,(H2,22,23,24);1H. The molecule has 1 saturated heterocycles. The maximum absolute atomic E-state index is 12.2. The van der Waals surface area contributed by atoms with Crippen LogP contribution in [0.1, 0.15) is 26.2 Å². The van der Waals surface area contributed by atoms with Crippen LogP contribution in [-0.4, -0.2) is 69.6 Å². The van der Waals surface area contributed by atoms with Gasteiger partial charge < -0.3 is 30.1 Å². The minimum Gasteiger partial charge on any atom is -0.482 e. The number of para-hydroxylation sites is 2. The summed E-state index contributed by atoms with van der Waals surface area (Å²) in [5, 5.41) is 16.0. The molecule has 0 aliphatic carbocycles. The van der Waals surface area contributed by atoms with Crippen molar-refractivity contribution in [1.82, 2.24) is 10.6 Å². The molecule has 2 heterocycles. The van der Waals surface area contributed by atoms with Gasteiger partial charge in [-0.3, -0.25) is 9.79 Å². The van der Waals surface area contributed by atoms with Crippen LogP contribution < -0.4 is 20.3 Å². The average Bonchev–Trinajstić information content (AvgIpc) is 3.19. The van der Waals surface area contributed by atoms with Gasteiger partial charge in [0.05, 0.1) is 18.8 Å². The van der Waals surface area contributed by atoms with E-state index >= 15 is 0 Å². The van der Waals surface area contributed by atoms with Crippen LogP contribution in [0.15, 0.2) is 29.3 Å². The van der Waals surface area contributed by atoms with E-state index < -0.39 is 0 Å². The molecule has 0 bridgehead atoms. The molecule has 1 unspecified atom stereocenters. The fourth-order valence-electron chi connectivity index (χ4n) is 3.72. The first-order valence-corrected chi connectivity index (χ1v) is 10.4. The van der Waals surface area contributed by atoms with Gasteiger partial charge in [-0.2, -0.15) is 0 Å². The van der Waals surface area contributed by atoms with Crippen LogP contribution in [0.3, 0.4) is 0 Å². The third-order valence-corrected chi connectivity index (χ3v) is 5.40. The highest BCUT2D eigenvalue weighted by Crippen LogP contribution is 2.33. The van der Waals surface area contributed by atoms with E-state index in [1.165, 1.54) is 0 Å². The summed E-state index contributed by atoms with van der Waals surface area (Å²) in [7, 11) is 0. The van der Waals surface area contributed by atoms with Crippen molar-refractivity contribution in [2.24, 2.45) is 10.4 Å². The van der Waals surface area contributed by atoms with Gasteiger partial charge >= 0.3 is 0 Å². The molecule has 168 valence electrons. The van der Waals surface area contributed by atoms with Gasteiger partial charge in [0.25, 0.3) is 5.91 Å². The highest BCUT2D eigenvalue weighted by atomic mass is 127. The third-order valence-electron chi connectivity index (χ3n) is 5.40. The summed E-state index contributed by atoms with van der Waals surface area (Å²) in [6.07, 6.45) is 2.42. The van der Waals surface area contributed by atoms with Crippen molar-refractivity contribution in [3.8, 4) is 5.75 Å². The largest absolute Gasteiger partial charge is 0.482 e. The number of aliphatic hydroxyl groups is 1. The van der Waals surface area contributed by atoms with Gasteiger partial charge in [-0.1, -0.05) is 12.1 Å². The molecule has 0 saturated carbocycles. The minimum atomic E-state index is -0.0684. The van der Waals surface area contributed by atoms with E-state index in [-0.39, 0.29) is 48.5 Å². The molecule has 1 amide bonds. The number of amides is 1. The number of carbonyl (C=O) groups is 1. The van der Waals surface area contributed by atoms with E-state index in [0.717, 1.165) is 43.4 Å². The van der Waals surface area contributed by atoms with Gasteiger partial charge in [-0.15, -0.1) is 24.0 Å². The van der Waals surface area contributed by atoms with Crippen molar-refractivity contribution in [1.29, 1.82) is 0 Å². The van der Waals surface area contributed by atoms with Gasteiger partial charge in [0.1, 0.15) is 5.75 Å². The molecule has 2 aliphatic heterocycles. The van der Waals surface area contributed by atoms with Gasteiger partial charge in [0.2, 0.25) is 0 Å². The molecule has 1 atom stereocenters. The second-order valence-corrected chi connectivity index (χ2v) is 7.55. The maximum Gasteiger partial charge on any atom is 0.265 e. The van der Waals surface area contributed by atoms with Gasteiger partial charge in [0, 0.05) is 38.3 Å². The first-order valence-electron chi connectivity index (χ1n) is 10.4. The van der Waals surface area contributed by atoms with E-state index in [1.54, 1.807) is 4.90 Å². The summed E-state index contributed by atoms with van der Waals surface area (Å²) >= 11 is 0. The Bertz CT molecular complexity index is 710. The smallest absolute Gasteiger partial charge is 0.265 e. The summed E-state index contributed by atoms with van der Waals surface area (Å²) in [5.74, 6) is 1.49. The Labute approximate surface area is 195 Å². The van der Waals surface area contributed by atoms with Gasteiger partial charge in [-0.05, 0) is 38.3 Å². The number of guanidine groups is 1. The normalized spacial score (nSPS) is 20.9. The second kappa shape index (κ2) is 12.3.